The van der Waals surface area contributed by atoms with Crippen LogP contribution in [0.1, 0.15) is 36.0 Å². The molecule has 0 radical (unpaired) electrons. The smallest absolute Gasteiger partial charge is 0.253 e. The minimum absolute atomic E-state index is 0.0358. The second-order valence-corrected chi connectivity index (χ2v) is 7.22. The van der Waals surface area contributed by atoms with Crippen molar-refractivity contribution in [1.29, 1.82) is 0 Å². The van der Waals surface area contributed by atoms with E-state index in [1.54, 1.807) is 6.07 Å². The van der Waals surface area contributed by atoms with Crippen LogP contribution in [0, 0.1) is 0 Å². The Morgan fingerprint density at radius 2 is 2.05 bits per heavy atom. The Hall–Kier alpha value is -1.36. The first-order chi connectivity index (χ1) is 9.97. The van der Waals surface area contributed by atoms with E-state index < -0.39 is 0 Å². The summed E-state index contributed by atoms with van der Waals surface area (Å²) < 4.78 is 0.217. The normalized spacial score (nSPS) is 16.7. The van der Waals surface area contributed by atoms with E-state index >= 15 is 0 Å². The number of benzene rings is 1. The summed E-state index contributed by atoms with van der Waals surface area (Å²) in [6.45, 7) is 0.731. The number of amides is 1. The van der Waals surface area contributed by atoms with Gasteiger partial charge in [-0.1, -0.05) is 12.8 Å². The van der Waals surface area contributed by atoms with Crippen LogP contribution in [0.5, 0.6) is 0 Å². The molecule has 1 amide bonds. The number of nitrogen functional groups attached to an aromatic ring is 1. The summed E-state index contributed by atoms with van der Waals surface area (Å²) in [5.41, 5.74) is 7.99. The first kappa shape index (κ1) is 16.0. The van der Waals surface area contributed by atoms with E-state index in [0.29, 0.717) is 11.3 Å². The lowest BCUT2D eigenvalue weighted by Crippen LogP contribution is -2.38. The van der Waals surface area contributed by atoms with Gasteiger partial charge in [0.25, 0.3) is 5.91 Å². The van der Waals surface area contributed by atoms with Gasteiger partial charge in [0.2, 0.25) is 0 Å². The van der Waals surface area contributed by atoms with E-state index in [0.717, 1.165) is 12.2 Å². The molecule has 1 aliphatic carbocycles. The van der Waals surface area contributed by atoms with Crippen molar-refractivity contribution in [3.63, 3.8) is 0 Å². The Labute approximate surface area is 131 Å². The number of thioether (sulfide) groups is 1. The lowest BCUT2D eigenvalue weighted by molar-refractivity contribution is 0.0950. The van der Waals surface area contributed by atoms with Crippen molar-refractivity contribution in [2.75, 3.05) is 37.5 Å². The van der Waals surface area contributed by atoms with Crippen molar-refractivity contribution in [1.82, 2.24) is 5.32 Å². The number of anilines is 2. The number of nitrogens with zero attached hydrogens (tertiary/aromatic N) is 1. The van der Waals surface area contributed by atoms with E-state index in [1.807, 2.05) is 42.9 Å². The molecule has 1 fully saturated rings. The Morgan fingerprint density at radius 3 is 2.62 bits per heavy atom. The summed E-state index contributed by atoms with van der Waals surface area (Å²) in [5, 5.41) is 3.11. The van der Waals surface area contributed by atoms with E-state index in [9.17, 15) is 4.79 Å². The van der Waals surface area contributed by atoms with Gasteiger partial charge in [0.15, 0.2) is 0 Å². The lowest BCUT2D eigenvalue weighted by Gasteiger charge is -2.27. The largest absolute Gasteiger partial charge is 0.399 e. The van der Waals surface area contributed by atoms with Crippen LogP contribution in [-0.2, 0) is 0 Å². The maximum Gasteiger partial charge on any atom is 0.253 e. The molecule has 1 aromatic rings. The summed E-state index contributed by atoms with van der Waals surface area (Å²) in [4.78, 5) is 14.5. The molecule has 1 saturated carbocycles. The Morgan fingerprint density at radius 1 is 1.38 bits per heavy atom. The summed E-state index contributed by atoms with van der Waals surface area (Å²) in [6.07, 6.45) is 7.04. The van der Waals surface area contributed by atoms with E-state index in [1.165, 1.54) is 25.7 Å². The Bertz CT molecular complexity index is 510. The zero-order valence-electron chi connectivity index (χ0n) is 13.1. The number of hydrogen-bond donors (Lipinski definition) is 2. The highest BCUT2D eigenvalue weighted by Gasteiger charge is 2.33. The van der Waals surface area contributed by atoms with Crippen LogP contribution < -0.4 is 16.0 Å². The van der Waals surface area contributed by atoms with Gasteiger partial charge in [-0.3, -0.25) is 4.79 Å². The van der Waals surface area contributed by atoms with Gasteiger partial charge in [0, 0.05) is 36.8 Å². The molecule has 2 rings (SSSR count). The highest BCUT2D eigenvalue weighted by Crippen LogP contribution is 2.39. The molecular weight excluding hydrogens is 282 g/mol. The van der Waals surface area contributed by atoms with Crippen LogP contribution in [0.25, 0.3) is 0 Å². The zero-order chi connectivity index (χ0) is 15.5. The number of hydrogen-bond acceptors (Lipinski definition) is 4. The van der Waals surface area contributed by atoms with Gasteiger partial charge >= 0.3 is 0 Å². The van der Waals surface area contributed by atoms with Gasteiger partial charge in [0.1, 0.15) is 0 Å². The van der Waals surface area contributed by atoms with Gasteiger partial charge < -0.3 is 16.0 Å². The van der Waals surface area contributed by atoms with Gasteiger partial charge in [-0.05, 0) is 37.3 Å². The summed E-state index contributed by atoms with van der Waals surface area (Å²) in [7, 11) is 3.87. The standard InChI is InChI=1S/C16H25N3OS/c1-19(2)14-7-6-12(17)10-13(14)15(20)18-11-16(21-3)8-4-5-9-16/h6-7,10H,4-5,8-9,11,17H2,1-3H3,(H,18,20). The highest BCUT2D eigenvalue weighted by atomic mass is 32.2. The van der Waals surface area contributed by atoms with Crippen LogP contribution in [0.3, 0.4) is 0 Å². The average molecular weight is 307 g/mol. The minimum Gasteiger partial charge on any atom is -0.399 e. The molecule has 116 valence electrons. The van der Waals surface area contributed by atoms with Gasteiger partial charge in [-0.2, -0.15) is 11.8 Å². The molecule has 4 nitrogen and oxygen atoms in total. The highest BCUT2D eigenvalue weighted by molar-refractivity contribution is 8.00. The quantitative estimate of drug-likeness (QED) is 0.821. The van der Waals surface area contributed by atoms with Gasteiger partial charge in [-0.15, -0.1) is 0 Å². The third-order valence-electron chi connectivity index (χ3n) is 4.27. The lowest BCUT2D eigenvalue weighted by atomic mass is 10.1. The summed E-state index contributed by atoms with van der Waals surface area (Å²) in [5.74, 6) is -0.0358. The SMILES string of the molecule is CSC1(CNC(=O)c2cc(N)ccc2N(C)C)CCCC1. The molecule has 0 heterocycles. The molecule has 21 heavy (non-hydrogen) atoms. The molecule has 0 saturated heterocycles. The molecule has 0 atom stereocenters. The van der Waals surface area contributed by atoms with Crippen molar-refractivity contribution in [2.45, 2.75) is 30.4 Å². The summed E-state index contributed by atoms with van der Waals surface area (Å²) >= 11 is 1.88. The first-order valence-electron chi connectivity index (χ1n) is 7.38. The van der Waals surface area contributed by atoms with Gasteiger partial charge in [-0.25, -0.2) is 0 Å². The fraction of sp³-hybridized carbons (Fsp3) is 0.562. The number of carbonyl (C=O) groups is 1. The second kappa shape index (κ2) is 6.60. The van der Waals surface area contributed by atoms with Crippen LogP contribution in [0.4, 0.5) is 11.4 Å². The van der Waals surface area contributed by atoms with Crippen LogP contribution in [-0.4, -0.2) is 37.6 Å². The molecule has 1 aliphatic rings. The fourth-order valence-electron chi connectivity index (χ4n) is 2.93. The number of nitrogens with two attached hydrogens (primary N) is 1. The van der Waals surface area contributed by atoms with Crippen molar-refractivity contribution in [3.8, 4) is 0 Å². The minimum atomic E-state index is -0.0358. The predicted molar refractivity (Wildman–Crippen MR) is 92.2 cm³/mol. The van der Waals surface area contributed by atoms with Gasteiger partial charge in [0.05, 0.1) is 5.56 Å². The predicted octanol–water partition coefficient (Wildman–Crippen LogP) is 2.74. The molecule has 3 N–H and O–H groups in total. The molecule has 0 aliphatic heterocycles. The van der Waals surface area contributed by atoms with Crippen molar-refractivity contribution in [3.05, 3.63) is 23.8 Å². The fourth-order valence-corrected chi connectivity index (χ4v) is 3.85. The molecule has 0 spiro atoms. The molecule has 5 heteroatoms. The van der Waals surface area contributed by atoms with Crippen molar-refractivity contribution in [2.24, 2.45) is 0 Å². The van der Waals surface area contributed by atoms with Crippen LogP contribution >= 0.6 is 11.8 Å². The zero-order valence-corrected chi connectivity index (χ0v) is 13.9. The third kappa shape index (κ3) is 3.64. The average Bonchev–Trinajstić information content (AvgIpc) is 2.94. The van der Waals surface area contributed by atoms with Crippen molar-refractivity contribution < 1.29 is 4.79 Å². The number of nitrogens with one attached hydrogen (secondary N) is 1. The van der Waals surface area contributed by atoms with Crippen LogP contribution in [0.15, 0.2) is 18.2 Å². The molecule has 1 aromatic carbocycles. The molecular formula is C16H25N3OS. The van der Waals surface area contributed by atoms with Crippen molar-refractivity contribution >= 4 is 29.0 Å². The molecule has 0 unspecified atom stereocenters. The maximum atomic E-state index is 12.5. The van der Waals surface area contributed by atoms with Crippen LogP contribution in [0.2, 0.25) is 0 Å². The number of rotatable bonds is 5. The number of carbonyl (C=O) groups excluding carboxylic acids is 1. The summed E-state index contributed by atoms with van der Waals surface area (Å²) in [6, 6.07) is 5.47. The first-order valence-corrected chi connectivity index (χ1v) is 8.60. The molecule has 0 aromatic heterocycles. The third-order valence-corrected chi connectivity index (χ3v) is 5.68. The van der Waals surface area contributed by atoms with E-state index in [-0.39, 0.29) is 10.7 Å². The second-order valence-electron chi connectivity index (χ2n) is 5.95. The topological polar surface area (TPSA) is 58.4 Å². The molecule has 0 bridgehead atoms. The Balaban J connectivity index is 2.11. The monoisotopic (exact) mass is 307 g/mol. The van der Waals surface area contributed by atoms with E-state index in [4.69, 9.17) is 5.73 Å². The maximum absolute atomic E-state index is 12.5. The Kier molecular flexibility index (Phi) is 5.04. The van der Waals surface area contributed by atoms with E-state index in [2.05, 4.69) is 11.6 Å².